The SMILES string of the molecule is CCCC(COC(=O)/C=C\C(=O)O)Oc1ccc(C(=O)C(C)(C)O)cc1. The van der Waals surface area contributed by atoms with Crippen LogP contribution < -0.4 is 4.74 Å². The fraction of sp³-hybridized carbons (Fsp3) is 0.421. The molecule has 142 valence electrons. The normalized spacial score (nSPS) is 12.6. The van der Waals surface area contributed by atoms with Gasteiger partial charge in [0, 0.05) is 17.7 Å². The Balaban J connectivity index is 2.68. The molecular formula is C19H24O7. The standard InChI is InChI=1S/C19H24O7/c1-4-5-15(12-25-17(22)11-10-16(20)21)26-14-8-6-13(7-9-14)18(23)19(2,3)24/h6-11,15,24H,4-5,12H2,1-3H3,(H,20,21)/b11-10-. The zero-order valence-electron chi connectivity index (χ0n) is 15.1. The third kappa shape index (κ3) is 7.48. The monoisotopic (exact) mass is 364 g/mol. The smallest absolute Gasteiger partial charge is 0.331 e. The van der Waals surface area contributed by atoms with E-state index in [1.807, 2.05) is 6.92 Å². The second kappa shape index (κ2) is 9.72. The summed E-state index contributed by atoms with van der Waals surface area (Å²) >= 11 is 0. The van der Waals surface area contributed by atoms with E-state index in [0.717, 1.165) is 12.5 Å². The molecule has 1 atom stereocenters. The molecule has 1 rings (SSSR count). The predicted molar refractivity (Wildman–Crippen MR) is 94.1 cm³/mol. The van der Waals surface area contributed by atoms with E-state index in [2.05, 4.69) is 0 Å². The van der Waals surface area contributed by atoms with Crippen LogP contribution in [0, 0.1) is 0 Å². The molecule has 0 amide bonds. The van der Waals surface area contributed by atoms with Crippen LogP contribution in [-0.4, -0.2) is 46.2 Å². The Morgan fingerprint density at radius 2 is 1.77 bits per heavy atom. The summed E-state index contributed by atoms with van der Waals surface area (Å²) in [5.74, 6) is -1.89. The van der Waals surface area contributed by atoms with Crippen molar-refractivity contribution < 1.29 is 34.1 Å². The molecule has 0 aromatic heterocycles. The maximum atomic E-state index is 12.0. The van der Waals surface area contributed by atoms with E-state index < -0.39 is 29.4 Å². The second-order valence-electron chi connectivity index (χ2n) is 6.24. The number of carbonyl (C=O) groups is 3. The van der Waals surface area contributed by atoms with E-state index in [1.54, 1.807) is 24.3 Å². The molecule has 0 spiro atoms. The minimum atomic E-state index is -1.45. The molecule has 0 aliphatic carbocycles. The van der Waals surface area contributed by atoms with Crippen LogP contribution in [0.5, 0.6) is 5.75 Å². The highest BCUT2D eigenvalue weighted by Crippen LogP contribution is 2.19. The van der Waals surface area contributed by atoms with Gasteiger partial charge in [0.25, 0.3) is 0 Å². The van der Waals surface area contributed by atoms with Gasteiger partial charge in [0.05, 0.1) is 0 Å². The number of carboxylic acids is 1. The van der Waals surface area contributed by atoms with Crippen LogP contribution in [0.15, 0.2) is 36.4 Å². The molecule has 0 radical (unpaired) electrons. The second-order valence-corrected chi connectivity index (χ2v) is 6.24. The summed E-state index contributed by atoms with van der Waals surface area (Å²) < 4.78 is 10.7. The van der Waals surface area contributed by atoms with E-state index in [0.29, 0.717) is 23.8 Å². The van der Waals surface area contributed by atoms with Gasteiger partial charge in [0.2, 0.25) is 0 Å². The number of aliphatic carboxylic acids is 1. The van der Waals surface area contributed by atoms with E-state index in [4.69, 9.17) is 14.6 Å². The lowest BCUT2D eigenvalue weighted by atomic mass is 9.97. The number of rotatable bonds is 10. The van der Waals surface area contributed by atoms with Crippen LogP contribution in [0.4, 0.5) is 0 Å². The Bertz CT molecular complexity index is 653. The summed E-state index contributed by atoms with van der Waals surface area (Å²) in [5.41, 5.74) is -1.09. The largest absolute Gasteiger partial charge is 0.487 e. The Hall–Kier alpha value is -2.67. The van der Waals surface area contributed by atoms with Gasteiger partial charge in [-0.05, 0) is 44.5 Å². The molecule has 2 N–H and O–H groups in total. The van der Waals surface area contributed by atoms with E-state index in [-0.39, 0.29) is 6.61 Å². The quantitative estimate of drug-likeness (QED) is 0.372. The van der Waals surface area contributed by atoms with Gasteiger partial charge in [-0.25, -0.2) is 9.59 Å². The Morgan fingerprint density at radius 1 is 1.15 bits per heavy atom. The van der Waals surface area contributed by atoms with Gasteiger partial charge in [0.15, 0.2) is 5.78 Å². The van der Waals surface area contributed by atoms with E-state index in [9.17, 15) is 19.5 Å². The van der Waals surface area contributed by atoms with Crippen molar-refractivity contribution >= 4 is 17.7 Å². The first-order valence-electron chi connectivity index (χ1n) is 8.25. The van der Waals surface area contributed by atoms with Gasteiger partial charge in [0.1, 0.15) is 24.1 Å². The van der Waals surface area contributed by atoms with Crippen molar-refractivity contribution in [3.8, 4) is 5.75 Å². The highest BCUT2D eigenvalue weighted by molar-refractivity contribution is 6.01. The van der Waals surface area contributed by atoms with Crippen molar-refractivity contribution in [2.75, 3.05) is 6.61 Å². The van der Waals surface area contributed by atoms with Crippen LogP contribution in [0.2, 0.25) is 0 Å². The fourth-order valence-corrected chi connectivity index (χ4v) is 2.09. The molecule has 0 saturated carbocycles. The van der Waals surface area contributed by atoms with Gasteiger partial charge in [-0.2, -0.15) is 0 Å². The van der Waals surface area contributed by atoms with Gasteiger partial charge in [-0.1, -0.05) is 13.3 Å². The van der Waals surface area contributed by atoms with Crippen LogP contribution >= 0.6 is 0 Å². The van der Waals surface area contributed by atoms with Crippen molar-refractivity contribution in [2.45, 2.75) is 45.3 Å². The highest BCUT2D eigenvalue weighted by Gasteiger charge is 2.25. The molecule has 26 heavy (non-hydrogen) atoms. The molecular weight excluding hydrogens is 340 g/mol. The van der Waals surface area contributed by atoms with Gasteiger partial charge in [-0.3, -0.25) is 4.79 Å². The topological polar surface area (TPSA) is 110 Å². The molecule has 0 aliphatic rings. The van der Waals surface area contributed by atoms with Crippen LogP contribution in [0.1, 0.15) is 44.0 Å². The molecule has 1 unspecified atom stereocenters. The minimum absolute atomic E-state index is 0.0268. The lowest BCUT2D eigenvalue weighted by Gasteiger charge is -2.19. The number of benzene rings is 1. The van der Waals surface area contributed by atoms with Crippen molar-refractivity contribution in [1.82, 2.24) is 0 Å². The number of hydrogen-bond donors (Lipinski definition) is 2. The number of hydrogen-bond acceptors (Lipinski definition) is 6. The molecule has 0 heterocycles. The third-order valence-corrected chi connectivity index (χ3v) is 3.36. The summed E-state index contributed by atoms with van der Waals surface area (Å²) in [6, 6.07) is 6.32. The molecule has 0 fully saturated rings. The number of ketones is 1. The highest BCUT2D eigenvalue weighted by atomic mass is 16.6. The molecule has 1 aromatic rings. The zero-order valence-corrected chi connectivity index (χ0v) is 15.1. The fourth-order valence-electron chi connectivity index (χ4n) is 2.09. The molecule has 0 saturated heterocycles. The Morgan fingerprint density at radius 3 is 2.27 bits per heavy atom. The third-order valence-electron chi connectivity index (χ3n) is 3.36. The summed E-state index contributed by atoms with van der Waals surface area (Å²) in [4.78, 5) is 33.8. The minimum Gasteiger partial charge on any atom is -0.487 e. The Kier molecular flexibility index (Phi) is 7.99. The number of aliphatic hydroxyl groups is 1. The summed E-state index contributed by atoms with van der Waals surface area (Å²) in [7, 11) is 0. The van der Waals surface area contributed by atoms with E-state index >= 15 is 0 Å². The number of Topliss-reactive ketones (excluding diaryl/α,β-unsaturated/α-hetero) is 1. The maximum Gasteiger partial charge on any atom is 0.331 e. The van der Waals surface area contributed by atoms with E-state index in [1.165, 1.54) is 13.8 Å². The van der Waals surface area contributed by atoms with Gasteiger partial charge in [-0.15, -0.1) is 0 Å². The first kappa shape index (κ1) is 21.4. The van der Waals surface area contributed by atoms with Gasteiger partial charge < -0.3 is 19.7 Å². The van der Waals surface area contributed by atoms with Gasteiger partial charge >= 0.3 is 11.9 Å². The number of esters is 1. The summed E-state index contributed by atoms with van der Waals surface area (Å²) in [5, 5.41) is 18.2. The lowest BCUT2D eigenvalue weighted by Crippen LogP contribution is -2.31. The van der Waals surface area contributed by atoms with Crippen molar-refractivity contribution in [3.63, 3.8) is 0 Å². The average Bonchev–Trinajstić information content (AvgIpc) is 2.57. The Labute approximate surface area is 152 Å². The molecule has 7 heteroatoms. The number of ether oxygens (including phenoxy) is 2. The number of carbonyl (C=O) groups excluding carboxylic acids is 2. The van der Waals surface area contributed by atoms with Crippen LogP contribution in [-0.2, 0) is 14.3 Å². The summed E-state index contributed by atoms with van der Waals surface area (Å²) in [6.07, 6.45) is 2.56. The van der Waals surface area contributed by atoms with Crippen molar-refractivity contribution in [1.29, 1.82) is 0 Å². The lowest BCUT2D eigenvalue weighted by molar-refractivity contribution is -0.141. The zero-order chi connectivity index (χ0) is 19.7. The first-order valence-corrected chi connectivity index (χ1v) is 8.25. The van der Waals surface area contributed by atoms with Crippen molar-refractivity contribution in [2.24, 2.45) is 0 Å². The first-order chi connectivity index (χ1) is 12.1. The summed E-state index contributed by atoms with van der Waals surface area (Å²) in [6.45, 7) is 4.77. The number of carboxylic acid groups (broad SMARTS) is 1. The van der Waals surface area contributed by atoms with Crippen molar-refractivity contribution in [3.05, 3.63) is 42.0 Å². The average molecular weight is 364 g/mol. The maximum absolute atomic E-state index is 12.0. The molecule has 1 aromatic carbocycles. The van der Waals surface area contributed by atoms with Crippen LogP contribution in [0.25, 0.3) is 0 Å². The van der Waals surface area contributed by atoms with Crippen LogP contribution in [0.3, 0.4) is 0 Å². The molecule has 0 bridgehead atoms. The molecule has 7 nitrogen and oxygen atoms in total. The predicted octanol–water partition coefficient (Wildman–Crippen LogP) is 2.37. The molecule has 0 aliphatic heterocycles.